The number of carbonyl (C=O) groups is 1. The maximum Gasteiger partial charge on any atom is 0.271 e. The summed E-state index contributed by atoms with van der Waals surface area (Å²) in [5.41, 5.74) is 1.23. The SMILES string of the molecule is CN(C)c1cc(-n2cnc(C(=O)NCc3cccc(Cl)c3)c2)ncn1. The summed E-state index contributed by atoms with van der Waals surface area (Å²) in [6.07, 6.45) is 4.66. The minimum Gasteiger partial charge on any atom is -0.363 e. The lowest BCUT2D eigenvalue weighted by Gasteiger charge is -2.11. The molecule has 8 heteroatoms. The van der Waals surface area contributed by atoms with Gasteiger partial charge in [0.1, 0.15) is 30.0 Å². The zero-order chi connectivity index (χ0) is 17.8. The van der Waals surface area contributed by atoms with Crippen LogP contribution in [0.2, 0.25) is 5.02 Å². The molecule has 0 radical (unpaired) electrons. The first kappa shape index (κ1) is 16.9. The van der Waals surface area contributed by atoms with Crippen molar-refractivity contribution in [1.82, 2.24) is 24.8 Å². The van der Waals surface area contributed by atoms with Crippen LogP contribution in [0, 0.1) is 0 Å². The number of anilines is 1. The number of nitrogens with zero attached hydrogens (tertiary/aromatic N) is 5. The number of carbonyl (C=O) groups excluding carboxylic acids is 1. The number of amides is 1. The Morgan fingerprint density at radius 2 is 2.08 bits per heavy atom. The molecule has 0 spiro atoms. The van der Waals surface area contributed by atoms with E-state index in [9.17, 15) is 4.79 Å². The van der Waals surface area contributed by atoms with Crippen molar-refractivity contribution in [2.24, 2.45) is 0 Å². The van der Waals surface area contributed by atoms with Crippen molar-refractivity contribution in [1.29, 1.82) is 0 Å². The second-order valence-electron chi connectivity index (χ2n) is 5.61. The summed E-state index contributed by atoms with van der Waals surface area (Å²) in [5, 5.41) is 3.46. The minimum absolute atomic E-state index is 0.263. The van der Waals surface area contributed by atoms with Crippen molar-refractivity contribution in [3.05, 3.63) is 65.5 Å². The van der Waals surface area contributed by atoms with E-state index in [0.717, 1.165) is 11.4 Å². The third-order valence-corrected chi connectivity index (χ3v) is 3.75. The largest absolute Gasteiger partial charge is 0.363 e. The molecule has 1 N–H and O–H groups in total. The zero-order valence-electron chi connectivity index (χ0n) is 13.8. The summed E-state index contributed by atoms with van der Waals surface area (Å²) in [4.78, 5) is 26.7. The molecule has 0 aliphatic heterocycles. The molecule has 1 aromatic carbocycles. The Bertz CT molecular complexity index is 892. The van der Waals surface area contributed by atoms with Gasteiger partial charge in [-0.1, -0.05) is 23.7 Å². The average Bonchev–Trinajstić information content (AvgIpc) is 3.10. The summed E-state index contributed by atoms with van der Waals surface area (Å²) < 4.78 is 1.68. The molecule has 0 saturated carbocycles. The molecule has 0 atom stereocenters. The van der Waals surface area contributed by atoms with Gasteiger partial charge in [-0.05, 0) is 17.7 Å². The molecular formula is C17H17ClN6O. The Morgan fingerprint density at radius 1 is 1.24 bits per heavy atom. The van der Waals surface area contributed by atoms with E-state index in [0.29, 0.717) is 23.1 Å². The Morgan fingerprint density at radius 3 is 2.84 bits per heavy atom. The fourth-order valence-electron chi connectivity index (χ4n) is 2.21. The first-order valence-corrected chi connectivity index (χ1v) is 7.97. The van der Waals surface area contributed by atoms with Crippen molar-refractivity contribution in [3.63, 3.8) is 0 Å². The maximum absolute atomic E-state index is 12.3. The van der Waals surface area contributed by atoms with Crippen LogP contribution < -0.4 is 10.2 Å². The van der Waals surface area contributed by atoms with Crippen molar-refractivity contribution < 1.29 is 4.79 Å². The lowest BCUT2D eigenvalue weighted by Crippen LogP contribution is -2.23. The molecule has 0 unspecified atom stereocenters. The highest BCUT2D eigenvalue weighted by Gasteiger charge is 2.11. The normalized spacial score (nSPS) is 10.5. The van der Waals surface area contributed by atoms with Gasteiger partial charge in [0.15, 0.2) is 0 Å². The van der Waals surface area contributed by atoms with Crippen molar-refractivity contribution >= 4 is 23.3 Å². The van der Waals surface area contributed by atoms with E-state index in [1.54, 1.807) is 23.2 Å². The number of hydrogen-bond donors (Lipinski definition) is 1. The first-order chi connectivity index (χ1) is 12.0. The van der Waals surface area contributed by atoms with E-state index in [1.807, 2.05) is 43.3 Å². The molecule has 3 aromatic rings. The molecule has 7 nitrogen and oxygen atoms in total. The Hall–Kier alpha value is -2.93. The predicted octanol–water partition coefficient (Wildman–Crippen LogP) is 2.31. The van der Waals surface area contributed by atoms with Gasteiger partial charge in [-0.2, -0.15) is 0 Å². The molecule has 2 aromatic heterocycles. The van der Waals surface area contributed by atoms with E-state index in [4.69, 9.17) is 11.6 Å². The Balaban J connectivity index is 1.70. The highest BCUT2D eigenvalue weighted by atomic mass is 35.5. The fraction of sp³-hybridized carbons (Fsp3) is 0.176. The van der Waals surface area contributed by atoms with Crippen molar-refractivity contribution in [2.45, 2.75) is 6.54 Å². The highest BCUT2D eigenvalue weighted by molar-refractivity contribution is 6.30. The van der Waals surface area contributed by atoms with Crippen molar-refractivity contribution in [3.8, 4) is 5.82 Å². The lowest BCUT2D eigenvalue weighted by molar-refractivity contribution is 0.0946. The first-order valence-electron chi connectivity index (χ1n) is 7.59. The van der Waals surface area contributed by atoms with Crippen LogP contribution >= 0.6 is 11.6 Å². The van der Waals surface area contributed by atoms with Gasteiger partial charge in [0.05, 0.1) is 0 Å². The number of nitrogens with one attached hydrogen (secondary N) is 1. The van der Waals surface area contributed by atoms with E-state index in [1.165, 1.54) is 6.33 Å². The highest BCUT2D eigenvalue weighted by Crippen LogP contribution is 2.13. The van der Waals surface area contributed by atoms with Gasteiger partial charge in [-0.3, -0.25) is 9.36 Å². The molecule has 0 aliphatic carbocycles. The summed E-state index contributed by atoms with van der Waals surface area (Å²) in [7, 11) is 3.80. The van der Waals surface area contributed by atoms with Crippen LogP contribution in [-0.2, 0) is 6.54 Å². The van der Waals surface area contributed by atoms with Crippen LogP contribution in [0.25, 0.3) is 5.82 Å². The molecule has 2 heterocycles. The topological polar surface area (TPSA) is 75.9 Å². The van der Waals surface area contributed by atoms with Gasteiger partial charge in [0.2, 0.25) is 0 Å². The second kappa shape index (κ2) is 7.31. The van der Waals surface area contributed by atoms with E-state index >= 15 is 0 Å². The number of benzene rings is 1. The third-order valence-electron chi connectivity index (χ3n) is 3.52. The van der Waals surface area contributed by atoms with E-state index in [2.05, 4.69) is 20.3 Å². The van der Waals surface area contributed by atoms with Crippen LogP contribution in [-0.4, -0.2) is 39.5 Å². The molecule has 25 heavy (non-hydrogen) atoms. The molecule has 0 saturated heterocycles. The van der Waals surface area contributed by atoms with Gasteiger partial charge in [-0.25, -0.2) is 15.0 Å². The number of rotatable bonds is 5. The van der Waals surface area contributed by atoms with Crippen LogP contribution in [0.4, 0.5) is 5.82 Å². The number of halogens is 1. The Kier molecular flexibility index (Phi) is 4.95. The van der Waals surface area contributed by atoms with Gasteiger partial charge in [0.25, 0.3) is 5.91 Å². The fourth-order valence-corrected chi connectivity index (χ4v) is 2.42. The van der Waals surface area contributed by atoms with Crippen LogP contribution in [0.3, 0.4) is 0 Å². The second-order valence-corrected chi connectivity index (χ2v) is 6.04. The van der Waals surface area contributed by atoms with Gasteiger partial charge in [-0.15, -0.1) is 0 Å². The standard InChI is InChI=1S/C17H17ClN6O/c1-23(2)15-7-16(21-10-20-15)24-9-14(22-11-24)17(25)19-8-12-4-3-5-13(18)6-12/h3-7,9-11H,8H2,1-2H3,(H,19,25). The number of aromatic nitrogens is 4. The average molecular weight is 357 g/mol. The summed E-state index contributed by atoms with van der Waals surface area (Å²) in [6, 6.07) is 9.15. The summed E-state index contributed by atoms with van der Waals surface area (Å²) >= 11 is 5.94. The Labute approximate surface area is 150 Å². The smallest absolute Gasteiger partial charge is 0.271 e. The summed E-state index contributed by atoms with van der Waals surface area (Å²) in [6.45, 7) is 0.380. The molecule has 0 aliphatic rings. The lowest BCUT2D eigenvalue weighted by atomic mass is 10.2. The molecule has 128 valence electrons. The molecule has 1 amide bonds. The van der Waals surface area contributed by atoms with Crippen molar-refractivity contribution in [2.75, 3.05) is 19.0 Å². The maximum atomic E-state index is 12.3. The van der Waals surface area contributed by atoms with Gasteiger partial charge >= 0.3 is 0 Å². The minimum atomic E-state index is -0.263. The summed E-state index contributed by atoms with van der Waals surface area (Å²) in [5.74, 6) is 1.14. The molecule has 0 bridgehead atoms. The predicted molar refractivity (Wildman–Crippen MR) is 96.1 cm³/mol. The van der Waals surface area contributed by atoms with Crippen LogP contribution in [0.15, 0.2) is 49.2 Å². The quantitative estimate of drug-likeness (QED) is 0.759. The molecule has 3 rings (SSSR count). The molecule has 0 fully saturated rings. The number of imidazole rings is 1. The monoisotopic (exact) mass is 356 g/mol. The van der Waals surface area contributed by atoms with E-state index < -0.39 is 0 Å². The van der Waals surface area contributed by atoms with Crippen LogP contribution in [0.5, 0.6) is 0 Å². The van der Waals surface area contributed by atoms with Gasteiger partial charge in [0, 0.05) is 37.9 Å². The van der Waals surface area contributed by atoms with Gasteiger partial charge < -0.3 is 10.2 Å². The van der Waals surface area contributed by atoms with E-state index in [-0.39, 0.29) is 5.91 Å². The third kappa shape index (κ3) is 4.13. The zero-order valence-corrected chi connectivity index (χ0v) is 14.6. The number of hydrogen-bond acceptors (Lipinski definition) is 5. The molecular weight excluding hydrogens is 340 g/mol. The van der Waals surface area contributed by atoms with Crippen LogP contribution in [0.1, 0.15) is 16.1 Å².